The van der Waals surface area contributed by atoms with Crippen LogP contribution in [0.15, 0.2) is 29.4 Å². The van der Waals surface area contributed by atoms with E-state index in [1.54, 1.807) is 12.1 Å². The molecular formula is C17H20FN3O3. The average Bonchev–Trinajstić information content (AvgIpc) is 2.96. The zero-order valence-corrected chi connectivity index (χ0v) is 13.5. The van der Waals surface area contributed by atoms with Crippen LogP contribution in [0.25, 0.3) is 0 Å². The minimum absolute atomic E-state index is 0.0184. The van der Waals surface area contributed by atoms with Crippen molar-refractivity contribution in [3.63, 3.8) is 0 Å². The van der Waals surface area contributed by atoms with Crippen molar-refractivity contribution < 1.29 is 18.7 Å². The first-order valence-electron chi connectivity index (χ1n) is 8.07. The molecular weight excluding hydrogens is 313 g/mol. The molecule has 7 heteroatoms. The van der Waals surface area contributed by atoms with E-state index < -0.39 is 0 Å². The number of nitrogens with one attached hydrogen (secondary N) is 1. The number of halogens is 1. The molecule has 1 N–H and O–H groups in total. The van der Waals surface area contributed by atoms with Gasteiger partial charge in [0.25, 0.3) is 5.91 Å². The van der Waals surface area contributed by atoms with Gasteiger partial charge in [-0.3, -0.25) is 9.59 Å². The van der Waals surface area contributed by atoms with E-state index in [1.165, 1.54) is 17.1 Å². The molecule has 0 radical (unpaired) electrons. The first-order valence-corrected chi connectivity index (χ1v) is 8.07. The number of hydrazone groups is 1. The number of carbonyl (C=O) groups excluding carboxylic acids is 2. The Morgan fingerprint density at radius 1 is 1.38 bits per heavy atom. The summed E-state index contributed by atoms with van der Waals surface area (Å²) in [6.07, 6.45) is 1.32. The van der Waals surface area contributed by atoms with Gasteiger partial charge < -0.3 is 10.1 Å². The van der Waals surface area contributed by atoms with Crippen molar-refractivity contribution in [2.45, 2.75) is 44.9 Å². The minimum atomic E-state index is -0.333. The van der Waals surface area contributed by atoms with Gasteiger partial charge in [-0.25, -0.2) is 9.40 Å². The first kappa shape index (κ1) is 16.6. The number of carbonyl (C=O) groups is 2. The van der Waals surface area contributed by atoms with Gasteiger partial charge in [-0.2, -0.15) is 5.10 Å². The summed E-state index contributed by atoms with van der Waals surface area (Å²) in [5, 5.41) is 8.40. The van der Waals surface area contributed by atoms with Gasteiger partial charge in [0.2, 0.25) is 5.91 Å². The molecule has 0 unspecified atom stereocenters. The van der Waals surface area contributed by atoms with Crippen molar-refractivity contribution in [1.29, 1.82) is 0 Å². The summed E-state index contributed by atoms with van der Waals surface area (Å²) < 4.78 is 18.4. The largest absolute Gasteiger partial charge is 0.376 e. The standard InChI is InChI=1S/C17H20FN3O3/c1-11-14(8-9-24-11)19-17(23)15-6-7-16(22)21(20-15)10-12-2-4-13(18)5-3-12/h2-5,11,14H,6-10H2,1H3,(H,19,23)/t11-,14+/m0/s1. The number of benzene rings is 1. The van der Waals surface area contributed by atoms with Gasteiger partial charge in [0.05, 0.1) is 18.7 Å². The van der Waals surface area contributed by atoms with E-state index in [-0.39, 0.29) is 42.7 Å². The third-order valence-electron chi connectivity index (χ3n) is 4.31. The maximum Gasteiger partial charge on any atom is 0.267 e. The van der Waals surface area contributed by atoms with Crippen LogP contribution < -0.4 is 5.32 Å². The summed E-state index contributed by atoms with van der Waals surface area (Å²) in [5.74, 6) is -0.734. The molecule has 2 aliphatic rings. The van der Waals surface area contributed by atoms with E-state index >= 15 is 0 Å². The quantitative estimate of drug-likeness (QED) is 0.910. The van der Waals surface area contributed by atoms with Crippen LogP contribution in [0.5, 0.6) is 0 Å². The van der Waals surface area contributed by atoms with E-state index in [1.807, 2.05) is 6.92 Å². The van der Waals surface area contributed by atoms with Crippen LogP contribution in [0.1, 0.15) is 31.7 Å². The lowest BCUT2D eigenvalue weighted by molar-refractivity contribution is -0.132. The molecule has 24 heavy (non-hydrogen) atoms. The second-order valence-corrected chi connectivity index (χ2v) is 6.07. The average molecular weight is 333 g/mol. The number of ether oxygens (including phenoxy) is 1. The molecule has 2 aliphatic heterocycles. The van der Waals surface area contributed by atoms with E-state index in [0.717, 1.165) is 12.0 Å². The van der Waals surface area contributed by atoms with Crippen molar-refractivity contribution in [3.05, 3.63) is 35.6 Å². The zero-order chi connectivity index (χ0) is 17.1. The molecule has 0 saturated carbocycles. The molecule has 2 atom stereocenters. The van der Waals surface area contributed by atoms with Crippen LogP contribution in [0.4, 0.5) is 4.39 Å². The fourth-order valence-corrected chi connectivity index (χ4v) is 2.82. The van der Waals surface area contributed by atoms with Crippen molar-refractivity contribution in [2.24, 2.45) is 5.10 Å². The number of amides is 2. The van der Waals surface area contributed by atoms with Crippen LogP contribution >= 0.6 is 0 Å². The number of nitrogens with zero attached hydrogens (tertiary/aromatic N) is 2. The number of hydrogen-bond donors (Lipinski definition) is 1. The molecule has 6 nitrogen and oxygen atoms in total. The summed E-state index contributed by atoms with van der Waals surface area (Å²) in [5.41, 5.74) is 1.10. The predicted octanol–water partition coefficient (Wildman–Crippen LogP) is 1.60. The minimum Gasteiger partial charge on any atom is -0.376 e. The van der Waals surface area contributed by atoms with Crippen LogP contribution in [-0.2, 0) is 20.9 Å². The molecule has 3 rings (SSSR count). The summed E-state index contributed by atoms with van der Waals surface area (Å²) in [6.45, 7) is 2.78. The molecule has 2 amide bonds. The molecule has 0 aliphatic carbocycles. The first-order chi connectivity index (χ1) is 11.5. The van der Waals surface area contributed by atoms with Crippen molar-refractivity contribution in [1.82, 2.24) is 10.3 Å². The molecule has 1 aromatic rings. The number of rotatable bonds is 4. The SMILES string of the molecule is C[C@@H]1OCC[C@H]1NC(=O)C1=NN(Cc2ccc(F)cc2)C(=O)CC1. The lowest BCUT2D eigenvalue weighted by Crippen LogP contribution is -2.45. The highest BCUT2D eigenvalue weighted by Crippen LogP contribution is 2.16. The van der Waals surface area contributed by atoms with Gasteiger partial charge in [0.1, 0.15) is 11.5 Å². The van der Waals surface area contributed by atoms with Crippen LogP contribution in [0, 0.1) is 5.82 Å². The summed E-state index contributed by atoms with van der Waals surface area (Å²) in [7, 11) is 0. The van der Waals surface area contributed by atoms with E-state index in [9.17, 15) is 14.0 Å². The van der Waals surface area contributed by atoms with Crippen LogP contribution in [0.3, 0.4) is 0 Å². The lowest BCUT2D eigenvalue weighted by Gasteiger charge is -2.24. The van der Waals surface area contributed by atoms with Gasteiger partial charge in [-0.15, -0.1) is 0 Å². The molecule has 1 aromatic carbocycles. The molecule has 0 spiro atoms. The molecule has 0 bridgehead atoms. The second-order valence-electron chi connectivity index (χ2n) is 6.07. The van der Waals surface area contributed by atoms with Crippen LogP contribution in [0.2, 0.25) is 0 Å². The topological polar surface area (TPSA) is 71.0 Å². The predicted molar refractivity (Wildman–Crippen MR) is 85.6 cm³/mol. The van der Waals surface area contributed by atoms with Gasteiger partial charge in [0, 0.05) is 19.4 Å². The van der Waals surface area contributed by atoms with E-state index in [2.05, 4.69) is 10.4 Å². The highest BCUT2D eigenvalue weighted by molar-refractivity contribution is 6.39. The van der Waals surface area contributed by atoms with E-state index in [0.29, 0.717) is 18.7 Å². The second kappa shape index (κ2) is 7.09. The highest BCUT2D eigenvalue weighted by atomic mass is 19.1. The fraction of sp³-hybridized carbons (Fsp3) is 0.471. The van der Waals surface area contributed by atoms with Crippen molar-refractivity contribution in [2.75, 3.05) is 6.61 Å². The maximum atomic E-state index is 13.0. The maximum absolute atomic E-state index is 13.0. The Kier molecular flexibility index (Phi) is 4.89. The highest BCUT2D eigenvalue weighted by Gasteiger charge is 2.29. The lowest BCUT2D eigenvalue weighted by atomic mass is 10.1. The Morgan fingerprint density at radius 3 is 2.79 bits per heavy atom. The van der Waals surface area contributed by atoms with Gasteiger partial charge >= 0.3 is 0 Å². The Hall–Kier alpha value is -2.28. The Bertz CT molecular complexity index is 660. The Morgan fingerprint density at radius 2 is 2.12 bits per heavy atom. The van der Waals surface area contributed by atoms with Gasteiger partial charge in [-0.1, -0.05) is 12.1 Å². The molecule has 1 saturated heterocycles. The summed E-state index contributed by atoms with van der Waals surface area (Å²) >= 11 is 0. The monoisotopic (exact) mass is 333 g/mol. The molecule has 1 fully saturated rings. The summed E-state index contributed by atoms with van der Waals surface area (Å²) in [4.78, 5) is 24.4. The van der Waals surface area contributed by atoms with Gasteiger partial charge in [0.15, 0.2) is 0 Å². The Labute approximate surface area is 139 Å². The normalized spacial score (nSPS) is 24.0. The third kappa shape index (κ3) is 3.79. The fourth-order valence-electron chi connectivity index (χ4n) is 2.82. The molecule has 128 valence electrons. The van der Waals surface area contributed by atoms with Gasteiger partial charge in [-0.05, 0) is 31.0 Å². The third-order valence-corrected chi connectivity index (χ3v) is 4.31. The molecule has 2 heterocycles. The van der Waals surface area contributed by atoms with Crippen LogP contribution in [-0.4, -0.2) is 41.3 Å². The molecule has 0 aromatic heterocycles. The zero-order valence-electron chi connectivity index (χ0n) is 13.5. The van der Waals surface area contributed by atoms with Crippen molar-refractivity contribution in [3.8, 4) is 0 Å². The smallest absolute Gasteiger partial charge is 0.267 e. The van der Waals surface area contributed by atoms with Crippen molar-refractivity contribution >= 4 is 17.5 Å². The van der Waals surface area contributed by atoms with E-state index in [4.69, 9.17) is 4.74 Å². The number of hydrogen-bond acceptors (Lipinski definition) is 4. The summed E-state index contributed by atoms with van der Waals surface area (Å²) in [6, 6.07) is 5.85. The Balaban J connectivity index is 1.68.